The van der Waals surface area contributed by atoms with Crippen LogP contribution in [0.25, 0.3) is 0 Å². The van der Waals surface area contributed by atoms with Gasteiger partial charge in [0.1, 0.15) is 11.7 Å². The second-order valence-corrected chi connectivity index (χ2v) is 5.67. The molecule has 2 aromatic carbocycles. The predicted octanol–water partition coefficient (Wildman–Crippen LogP) is 3.13. The second kappa shape index (κ2) is 5.61. The fourth-order valence-corrected chi connectivity index (χ4v) is 2.60. The van der Waals surface area contributed by atoms with Crippen molar-refractivity contribution < 1.29 is 0 Å². The standard InChI is InChI=1S/C16H15BrN4/c17-12-6-8-13(9-7-12)21-15(19)10-14(18)20-16(21)11-4-2-1-3-5-11/h1-10,16H,19H2,(H2,18,20)/t16-/m1/s1. The minimum Gasteiger partial charge on any atom is -0.385 e. The minimum absolute atomic E-state index is 0.252. The molecule has 0 radical (unpaired) electrons. The zero-order valence-corrected chi connectivity index (χ0v) is 12.9. The van der Waals surface area contributed by atoms with E-state index in [4.69, 9.17) is 11.5 Å². The molecule has 21 heavy (non-hydrogen) atoms. The van der Waals surface area contributed by atoms with Gasteiger partial charge < -0.3 is 16.4 Å². The molecule has 0 saturated heterocycles. The number of hydrogen-bond donors (Lipinski definition) is 2. The highest BCUT2D eigenvalue weighted by atomic mass is 79.9. The number of nitrogens with zero attached hydrogens (tertiary/aromatic N) is 2. The molecule has 0 aliphatic carbocycles. The Morgan fingerprint density at radius 3 is 2.29 bits per heavy atom. The topological polar surface area (TPSA) is 67.6 Å². The maximum atomic E-state index is 6.18. The minimum atomic E-state index is -0.252. The van der Waals surface area contributed by atoms with Crippen molar-refractivity contribution in [2.24, 2.45) is 16.5 Å². The summed E-state index contributed by atoms with van der Waals surface area (Å²) < 4.78 is 1.02. The van der Waals surface area contributed by atoms with Gasteiger partial charge in [0, 0.05) is 16.2 Å². The largest absolute Gasteiger partial charge is 0.385 e. The van der Waals surface area contributed by atoms with Crippen molar-refractivity contribution >= 4 is 27.5 Å². The number of amidine groups is 1. The first-order valence-corrected chi connectivity index (χ1v) is 7.34. The average molecular weight is 343 g/mol. The van der Waals surface area contributed by atoms with Crippen LogP contribution >= 0.6 is 15.9 Å². The van der Waals surface area contributed by atoms with Crippen LogP contribution < -0.4 is 16.4 Å². The van der Waals surface area contributed by atoms with Crippen molar-refractivity contribution in [3.63, 3.8) is 0 Å². The molecule has 4 N–H and O–H groups in total. The van der Waals surface area contributed by atoms with Crippen LogP contribution in [0.15, 0.2) is 76.0 Å². The van der Waals surface area contributed by atoms with Crippen LogP contribution in [0.1, 0.15) is 11.7 Å². The highest BCUT2D eigenvalue weighted by molar-refractivity contribution is 9.10. The van der Waals surface area contributed by atoms with E-state index >= 15 is 0 Å². The van der Waals surface area contributed by atoms with Gasteiger partial charge in [-0.15, -0.1) is 0 Å². The molecular formula is C16H15BrN4. The van der Waals surface area contributed by atoms with E-state index < -0.39 is 0 Å². The number of aliphatic imine (C=N–C) groups is 1. The number of anilines is 1. The van der Waals surface area contributed by atoms with Crippen molar-refractivity contribution in [1.29, 1.82) is 0 Å². The molecule has 2 aromatic rings. The van der Waals surface area contributed by atoms with E-state index in [9.17, 15) is 0 Å². The van der Waals surface area contributed by atoms with Gasteiger partial charge >= 0.3 is 0 Å². The molecule has 1 heterocycles. The van der Waals surface area contributed by atoms with Crippen LogP contribution in [-0.4, -0.2) is 5.84 Å². The van der Waals surface area contributed by atoms with Crippen LogP contribution in [0.4, 0.5) is 5.69 Å². The summed E-state index contributed by atoms with van der Waals surface area (Å²) in [7, 11) is 0. The molecule has 0 unspecified atom stereocenters. The molecule has 0 bridgehead atoms. The lowest BCUT2D eigenvalue weighted by Gasteiger charge is -2.34. The first kappa shape index (κ1) is 13.7. The molecule has 5 heteroatoms. The Balaban J connectivity index is 2.07. The maximum absolute atomic E-state index is 6.18. The van der Waals surface area contributed by atoms with Crippen LogP contribution in [0, 0.1) is 0 Å². The summed E-state index contributed by atoms with van der Waals surface area (Å²) in [6.45, 7) is 0. The summed E-state index contributed by atoms with van der Waals surface area (Å²) in [5, 5.41) is 0. The molecule has 4 nitrogen and oxygen atoms in total. The van der Waals surface area contributed by atoms with E-state index in [0.717, 1.165) is 15.7 Å². The van der Waals surface area contributed by atoms with Crippen molar-refractivity contribution in [2.45, 2.75) is 6.17 Å². The summed E-state index contributed by atoms with van der Waals surface area (Å²) in [6.07, 6.45) is 1.43. The molecule has 0 fully saturated rings. The fourth-order valence-electron chi connectivity index (χ4n) is 2.34. The van der Waals surface area contributed by atoms with Gasteiger partial charge in [-0.1, -0.05) is 46.3 Å². The van der Waals surface area contributed by atoms with Gasteiger partial charge in [0.2, 0.25) is 0 Å². The highest BCUT2D eigenvalue weighted by Gasteiger charge is 2.25. The zero-order chi connectivity index (χ0) is 14.8. The monoisotopic (exact) mass is 342 g/mol. The number of rotatable bonds is 2. The summed E-state index contributed by atoms with van der Waals surface area (Å²) in [5.41, 5.74) is 14.1. The van der Waals surface area contributed by atoms with Gasteiger partial charge in [-0.2, -0.15) is 0 Å². The van der Waals surface area contributed by atoms with Crippen LogP contribution in [0.5, 0.6) is 0 Å². The van der Waals surface area contributed by atoms with Gasteiger partial charge in [-0.3, -0.25) is 0 Å². The van der Waals surface area contributed by atoms with E-state index in [1.807, 2.05) is 59.5 Å². The normalized spacial score (nSPS) is 18.1. The van der Waals surface area contributed by atoms with Crippen molar-refractivity contribution in [3.8, 4) is 0 Å². The van der Waals surface area contributed by atoms with Crippen molar-refractivity contribution in [3.05, 3.63) is 76.5 Å². The van der Waals surface area contributed by atoms with Crippen molar-refractivity contribution in [1.82, 2.24) is 0 Å². The van der Waals surface area contributed by atoms with Gasteiger partial charge in [-0.05, 0) is 29.8 Å². The molecule has 0 spiro atoms. The molecule has 1 aliphatic heterocycles. The Kier molecular flexibility index (Phi) is 3.66. The van der Waals surface area contributed by atoms with Gasteiger partial charge in [0.05, 0.1) is 0 Å². The Hall–Kier alpha value is -2.27. The SMILES string of the molecule is NC1=CC(N)=N[C@@H](c2ccccc2)N1c1ccc(Br)cc1. The molecule has 0 aromatic heterocycles. The molecule has 3 rings (SSSR count). The lowest BCUT2D eigenvalue weighted by Crippen LogP contribution is -2.36. The van der Waals surface area contributed by atoms with E-state index in [0.29, 0.717) is 11.7 Å². The van der Waals surface area contributed by atoms with Gasteiger partial charge in [0.25, 0.3) is 0 Å². The number of nitrogens with two attached hydrogens (primary N) is 2. The van der Waals surface area contributed by atoms with Crippen LogP contribution in [0.3, 0.4) is 0 Å². The van der Waals surface area contributed by atoms with Crippen LogP contribution in [-0.2, 0) is 0 Å². The number of halogens is 1. The first-order chi connectivity index (χ1) is 10.1. The third-order valence-electron chi connectivity index (χ3n) is 3.29. The van der Waals surface area contributed by atoms with Gasteiger partial charge in [-0.25, -0.2) is 4.99 Å². The van der Waals surface area contributed by atoms with Crippen LogP contribution in [0.2, 0.25) is 0 Å². The lowest BCUT2D eigenvalue weighted by molar-refractivity contribution is 0.693. The van der Waals surface area contributed by atoms with Gasteiger partial charge in [0.15, 0.2) is 6.17 Å². The molecule has 0 amide bonds. The zero-order valence-electron chi connectivity index (χ0n) is 11.3. The smallest absolute Gasteiger partial charge is 0.154 e. The van der Waals surface area contributed by atoms with E-state index in [1.54, 1.807) is 6.08 Å². The second-order valence-electron chi connectivity index (χ2n) is 4.75. The quantitative estimate of drug-likeness (QED) is 0.880. The van der Waals surface area contributed by atoms with E-state index in [1.165, 1.54) is 0 Å². The average Bonchev–Trinajstić information content (AvgIpc) is 2.49. The summed E-state index contributed by atoms with van der Waals surface area (Å²) >= 11 is 3.44. The summed E-state index contributed by atoms with van der Waals surface area (Å²) in [6, 6.07) is 17.9. The van der Waals surface area contributed by atoms with E-state index in [2.05, 4.69) is 20.9 Å². The first-order valence-electron chi connectivity index (χ1n) is 6.55. The molecule has 106 valence electrons. The lowest BCUT2D eigenvalue weighted by atomic mass is 10.1. The molecule has 1 aliphatic rings. The van der Waals surface area contributed by atoms with E-state index in [-0.39, 0.29) is 6.17 Å². The molecule has 1 atom stereocenters. The highest BCUT2D eigenvalue weighted by Crippen LogP contribution is 2.33. The summed E-state index contributed by atoms with van der Waals surface area (Å²) in [5.74, 6) is 1.02. The number of benzene rings is 2. The predicted molar refractivity (Wildman–Crippen MR) is 89.7 cm³/mol. The third kappa shape index (κ3) is 2.78. The summed E-state index contributed by atoms with van der Waals surface area (Å²) in [4.78, 5) is 6.51. The third-order valence-corrected chi connectivity index (χ3v) is 3.82. The number of hydrogen-bond acceptors (Lipinski definition) is 4. The maximum Gasteiger partial charge on any atom is 0.154 e. The Morgan fingerprint density at radius 2 is 1.62 bits per heavy atom. The Morgan fingerprint density at radius 1 is 0.952 bits per heavy atom. The molecular weight excluding hydrogens is 328 g/mol. The molecule has 0 saturated carbocycles. The Bertz CT molecular complexity index is 692. The fraction of sp³-hybridized carbons (Fsp3) is 0.0625. The van der Waals surface area contributed by atoms with Crippen molar-refractivity contribution in [2.75, 3.05) is 4.90 Å². The Labute approximate surface area is 131 Å².